The zero-order chi connectivity index (χ0) is 22.8. The minimum Gasteiger partial charge on any atom is -0.496 e. The number of amides is 2. The lowest BCUT2D eigenvalue weighted by atomic mass is 10.1. The van der Waals surface area contributed by atoms with Crippen LogP contribution in [0.5, 0.6) is 17.2 Å². The van der Waals surface area contributed by atoms with Crippen LogP contribution < -0.4 is 19.5 Å². The third kappa shape index (κ3) is 6.91. The molecular formula is C24H32N2O5. The van der Waals surface area contributed by atoms with Crippen molar-refractivity contribution in [2.45, 2.75) is 39.8 Å². The number of nitrogens with one attached hydrogen (secondary N) is 1. The molecule has 0 radical (unpaired) electrons. The van der Waals surface area contributed by atoms with Crippen LogP contribution in [-0.2, 0) is 16.1 Å². The standard InChI is InChI=1S/C24H32N2O5/c1-6-11-25-24(28)18(3)26(15-19-10-8-7-9-17(19)2)23(27)16-31-22-13-20(29-4)12-21(14-22)30-5/h7-10,12-14,18H,6,11,15-16H2,1-5H3,(H,25,28)/t18-/m1/s1. The molecule has 0 unspecified atom stereocenters. The molecule has 2 amide bonds. The fourth-order valence-electron chi connectivity index (χ4n) is 3.04. The van der Waals surface area contributed by atoms with E-state index in [4.69, 9.17) is 14.2 Å². The summed E-state index contributed by atoms with van der Waals surface area (Å²) in [4.78, 5) is 27.3. The molecule has 0 heterocycles. The molecule has 1 N–H and O–H groups in total. The summed E-state index contributed by atoms with van der Waals surface area (Å²) in [6.45, 7) is 6.37. The van der Waals surface area contributed by atoms with Crippen molar-refractivity contribution in [1.29, 1.82) is 0 Å². The second-order valence-corrected chi connectivity index (χ2v) is 7.25. The molecule has 0 aliphatic rings. The van der Waals surface area contributed by atoms with E-state index in [1.807, 2.05) is 38.1 Å². The molecule has 0 bridgehead atoms. The molecule has 0 spiro atoms. The molecule has 2 aromatic rings. The van der Waals surface area contributed by atoms with E-state index in [0.717, 1.165) is 17.5 Å². The number of nitrogens with zero attached hydrogens (tertiary/aromatic N) is 1. The molecule has 0 aliphatic carbocycles. The lowest BCUT2D eigenvalue weighted by Gasteiger charge is -2.29. The van der Waals surface area contributed by atoms with Crippen molar-refractivity contribution in [3.63, 3.8) is 0 Å². The lowest BCUT2D eigenvalue weighted by molar-refractivity contribution is -0.142. The van der Waals surface area contributed by atoms with Crippen LogP contribution in [0.2, 0.25) is 0 Å². The summed E-state index contributed by atoms with van der Waals surface area (Å²) in [5, 5.41) is 2.87. The Morgan fingerprint density at radius 3 is 2.23 bits per heavy atom. The first-order valence-electron chi connectivity index (χ1n) is 10.4. The van der Waals surface area contributed by atoms with Crippen LogP contribution in [0.4, 0.5) is 0 Å². The van der Waals surface area contributed by atoms with Gasteiger partial charge in [0.05, 0.1) is 14.2 Å². The van der Waals surface area contributed by atoms with Gasteiger partial charge < -0.3 is 24.4 Å². The summed E-state index contributed by atoms with van der Waals surface area (Å²) in [5.41, 5.74) is 2.04. The van der Waals surface area contributed by atoms with E-state index >= 15 is 0 Å². The van der Waals surface area contributed by atoms with Gasteiger partial charge in [-0.05, 0) is 31.4 Å². The zero-order valence-corrected chi connectivity index (χ0v) is 18.9. The largest absolute Gasteiger partial charge is 0.496 e. The Bertz CT molecular complexity index is 862. The Kier molecular flexibility index (Phi) is 9.18. The summed E-state index contributed by atoms with van der Waals surface area (Å²) in [6.07, 6.45) is 0.824. The molecule has 168 valence electrons. The van der Waals surface area contributed by atoms with Crippen LogP contribution in [0.3, 0.4) is 0 Å². The number of hydrogen-bond donors (Lipinski definition) is 1. The molecule has 2 rings (SSSR count). The van der Waals surface area contributed by atoms with E-state index in [-0.39, 0.29) is 18.4 Å². The molecule has 7 heteroatoms. The van der Waals surface area contributed by atoms with Gasteiger partial charge in [-0.15, -0.1) is 0 Å². The second kappa shape index (κ2) is 11.8. The number of carbonyl (C=O) groups excluding carboxylic acids is 2. The molecule has 1 atom stereocenters. The van der Waals surface area contributed by atoms with Crippen molar-refractivity contribution < 1.29 is 23.8 Å². The Morgan fingerprint density at radius 2 is 1.65 bits per heavy atom. The number of carbonyl (C=O) groups is 2. The first kappa shape index (κ1) is 24.1. The minimum absolute atomic E-state index is 0.188. The summed E-state index contributed by atoms with van der Waals surface area (Å²) in [6, 6.07) is 12.3. The summed E-state index contributed by atoms with van der Waals surface area (Å²) >= 11 is 0. The highest BCUT2D eigenvalue weighted by molar-refractivity contribution is 5.88. The normalized spacial score (nSPS) is 11.4. The first-order valence-corrected chi connectivity index (χ1v) is 10.4. The Hall–Kier alpha value is -3.22. The van der Waals surface area contributed by atoms with Gasteiger partial charge in [-0.25, -0.2) is 0 Å². The average molecular weight is 429 g/mol. The Morgan fingerprint density at radius 1 is 1.03 bits per heavy atom. The number of rotatable bonds is 11. The summed E-state index contributed by atoms with van der Waals surface area (Å²) in [5.74, 6) is 1.09. The van der Waals surface area contributed by atoms with Crippen LogP contribution in [0.15, 0.2) is 42.5 Å². The maximum absolute atomic E-state index is 13.1. The van der Waals surface area contributed by atoms with E-state index in [1.54, 1.807) is 44.2 Å². The number of hydrogen-bond acceptors (Lipinski definition) is 5. The molecule has 0 fully saturated rings. The predicted octanol–water partition coefficient (Wildman–Crippen LogP) is 3.33. The van der Waals surface area contributed by atoms with Crippen LogP contribution in [0.25, 0.3) is 0 Å². The van der Waals surface area contributed by atoms with Gasteiger partial charge >= 0.3 is 0 Å². The first-order chi connectivity index (χ1) is 14.9. The fraction of sp³-hybridized carbons (Fsp3) is 0.417. The molecular weight excluding hydrogens is 396 g/mol. The molecule has 0 saturated heterocycles. The number of ether oxygens (including phenoxy) is 3. The number of methoxy groups -OCH3 is 2. The Balaban J connectivity index is 2.19. The van der Waals surface area contributed by atoms with E-state index < -0.39 is 6.04 Å². The SMILES string of the molecule is CCCNC(=O)[C@@H](C)N(Cc1ccccc1C)C(=O)COc1cc(OC)cc(OC)c1. The summed E-state index contributed by atoms with van der Waals surface area (Å²) < 4.78 is 16.2. The molecule has 7 nitrogen and oxygen atoms in total. The topological polar surface area (TPSA) is 77.1 Å². The molecule has 0 aromatic heterocycles. The van der Waals surface area contributed by atoms with Gasteiger partial charge in [0.15, 0.2) is 6.61 Å². The molecule has 2 aromatic carbocycles. The van der Waals surface area contributed by atoms with Gasteiger partial charge in [0, 0.05) is 31.3 Å². The highest BCUT2D eigenvalue weighted by atomic mass is 16.5. The van der Waals surface area contributed by atoms with Gasteiger partial charge in [0.2, 0.25) is 5.91 Å². The van der Waals surface area contributed by atoms with Crippen LogP contribution in [-0.4, -0.2) is 50.1 Å². The third-order valence-corrected chi connectivity index (χ3v) is 5.01. The average Bonchev–Trinajstić information content (AvgIpc) is 2.79. The fourth-order valence-corrected chi connectivity index (χ4v) is 3.04. The van der Waals surface area contributed by atoms with E-state index in [0.29, 0.717) is 30.3 Å². The molecule has 31 heavy (non-hydrogen) atoms. The smallest absolute Gasteiger partial charge is 0.261 e. The van der Waals surface area contributed by atoms with E-state index in [2.05, 4.69) is 5.32 Å². The maximum Gasteiger partial charge on any atom is 0.261 e. The van der Waals surface area contributed by atoms with Crippen molar-refractivity contribution in [3.8, 4) is 17.2 Å². The van der Waals surface area contributed by atoms with Gasteiger partial charge in [0.1, 0.15) is 23.3 Å². The molecule has 0 aliphatic heterocycles. The van der Waals surface area contributed by atoms with Crippen molar-refractivity contribution in [2.75, 3.05) is 27.4 Å². The van der Waals surface area contributed by atoms with E-state index in [1.165, 1.54) is 0 Å². The maximum atomic E-state index is 13.1. The predicted molar refractivity (Wildman–Crippen MR) is 120 cm³/mol. The number of aryl methyl sites for hydroxylation is 1. The lowest BCUT2D eigenvalue weighted by Crippen LogP contribution is -2.49. The van der Waals surface area contributed by atoms with Crippen molar-refractivity contribution >= 4 is 11.8 Å². The van der Waals surface area contributed by atoms with Gasteiger partial charge in [-0.1, -0.05) is 31.2 Å². The van der Waals surface area contributed by atoms with Crippen LogP contribution in [0.1, 0.15) is 31.4 Å². The quantitative estimate of drug-likeness (QED) is 0.594. The number of benzene rings is 2. The summed E-state index contributed by atoms with van der Waals surface area (Å²) in [7, 11) is 3.09. The van der Waals surface area contributed by atoms with Crippen molar-refractivity contribution in [2.24, 2.45) is 0 Å². The van der Waals surface area contributed by atoms with Gasteiger partial charge in [-0.3, -0.25) is 9.59 Å². The minimum atomic E-state index is -0.637. The van der Waals surface area contributed by atoms with Crippen molar-refractivity contribution in [3.05, 3.63) is 53.6 Å². The highest BCUT2D eigenvalue weighted by Crippen LogP contribution is 2.27. The van der Waals surface area contributed by atoms with Crippen LogP contribution >= 0.6 is 0 Å². The third-order valence-electron chi connectivity index (χ3n) is 5.01. The van der Waals surface area contributed by atoms with Gasteiger partial charge in [0.25, 0.3) is 5.91 Å². The molecule has 0 saturated carbocycles. The van der Waals surface area contributed by atoms with Crippen LogP contribution in [0, 0.1) is 6.92 Å². The zero-order valence-electron chi connectivity index (χ0n) is 18.9. The van der Waals surface area contributed by atoms with Gasteiger partial charge in [-0.2, -0.15) is 0 Å². The highest BCUT2D eigenvalue weighted by Gasteiger charge is 2.26. The van der Waals surface area contributed by atoms with Crippen molar-refractivity contribution in [1.82, 2.24) is 10.2 Å². The Labute approximate surface area is 184 Å². The monoisotopic (exact) mass is 428 g/mol. The second-order valence-electron chi connectivity index (χ2n) is 7.25. The van der Waals surface area contributed by atoms with E-state index in [9.17, 15) is 9.59 Å².